The van der Waals surface area contributed by atoms with Gasteiger partial charge in [0.2, 0.25) is 0 Å². The number of rotatable bonds is 7. The van der Waals surface area contributed by atoms with Gasteiger partial charge in [0, 0.05) is 22.8 Å². The fourth-order valence-corrected chi connectivity index (χ4v) is 3.52. The van der Waals surface area contributed by atoms with Gasteiger partial charge < -0.3 is 20.7 Å². The molecule has 3 N–H and O–H groups in total. The summed E-state index contributed by atoms with van der Waals surface area (Å²) in [5, 5.41) is 9.99. The van der Waals surface area contributed by atoms with Crippen LogP contribution in [0.15, 0.2) is 60.4 Å². The number of urea groups is 1. The van der Waals surface area contributed by atoms with Gasteiger partial charge in [-0.25, -0.2) is 4.79 Å². The Morgan fingerprint density at radius 1 is 1.10 bits per heavy atom. The molecule has 1 fully saturated rings. The van der Waals surface area contributed by atoms with E-state index in [-0.39, 0.29) is 12.6 Å². The number of carbonyl (C=O) groups excluding carboxylic acids is 2. The number of carbonyl (C=O) groups is 2. The third-order valence-corrected chi connectivity index (χ3v) is 5.22. The number of hydrogen-bond donors (Lipinski definition) is 3. The van der Waals surface area contributed by atoms with Gasteiger partial charge in [-0.3, -0.25) is 4.79 Å². The summed E-state index contributed by atoms with van der Waals surface area (Å²) in [7, 11) is 0. The normalized spacial score (nSPS) is 19.7. The lowest BCUT2D eigenvalue weighted by Crippen LogP contribution is -2.51. The third kappa shape index (κ3) is 5.68. The molecule has 8 heteroatoms. The van der Waals surface area contributed by atoms with Crippen LogP contribution in [0, 0.1) is 5.92 Å². The van der Waals surface area contributed by atoms with Gasteiger partial charge in [0.05, 0.1) is 18.3 Å². The number of hydrogen-bond acceptors (Lipinski definition) is 4. The Balaban J connectivity index is 1.77. The van der Waals surface area contributed by atoms with Gasteiger partial charge in [0.1, 0.15) is 5.92 Å². The molecule has 6 nitrogen and oxygen atoms in total. The second kappa shape index (κ2) is 10.4. The average molecular weight is 448 g/mol. The molecule has 2 aromatic rings. The molecule has 0 spiro atoms. The van der Waals surface area contributed by atoms with Gasteiger partial charge in [-0.05, 0) is 48.7 Å². The number of esters is 1. The summed E-state index contributed by atoms with van der Waals surface area (Å²) in [5.74, 6) is -1.14. The molecule has 0 unspecified atom stereocenters. The molecule has 30 heavy (non-hydrogen) atoms. The Morgan fingerprint density at radius 2 is 1.73 bits per heavy atom. The van der Waals surface area contributed by atoms with Crippen LogP contribution in [-0.2, 0) is 16.0 Å². The zero-order chi connectivity index (χ0) is 21.5. The first-order valence-electron chi connectivity index (χ1n) is 9.65. The summed E-state index contributed by atoms with van der Waals surface area (Å²) in [6, 6.07) is 13.7. The predicted molar refractivity (Wildman–Crippen MR) is 117 cm³/mol. The minimum atomic E-state index is -0.716. The van der Waals surface area contributed by atoms with Crippen LogP contribution < -0.4 is 16.0 Å². The van der Waals surface area contributed by atoms with E-state index in [2.05, 4.69) is 16.0 Å². The molecule has 3 rings (SSSR count). The van der Waals surface area contributed by atoms with Crippen molar-refractivity contribution in [2.24, 2.45) is 5.92 Å². The highest BCUT2D eigenvalue weighted by Crippen LogP contribution is 2.31. The molecule has 0 saturated carbocycles. The van der Waals surface area contributed by atoms with Crippen molar-refractivity contribution >= 4 is 35.2 Å². The maximum Gasteiger partial charge on any atom is 0.319 e. The Kier molecular flexibility index (Phi) is 7.60. The van der Waals surface area contributed by atoms with Crippen LogP contribution in [0.1, 0.15) is 24.1 Å². The molecule has 0 aromatic heterocycles. The Labute approximate surface area is 185 Å². The van der Waals surface area contributed by atoms with Crippen molar-refractivity contribution in [1.29, 1.82) is 0 Å². The van der Waals surface area contributed by atoms with Crippen molar-refractivity contribution in [3.8, 4) is 0 Å². The monoisotopic (exact) mass is 447 g/mol. The fourth-order valence-electron chi connectivity index (χ4n) is 3.27. The highest BCUT2D eigenvalue weighted by atomic mass is 35.5. The van der Waals surface area contributed by atoms with E-state index in [1.54, 1.807) is 37.4 Å². The lowest BCUT2D eigenvalue weighted by molar-refractivity contribution is -0.147. The van der Waals surface area contributed by atoms with Gasteiger partial charge in [-0.15, -0.1) is 0 Å². The van der Waals surface area contributed by atoms with Crippen LogP contribution in [0.2, 0.25) is 10.0 Å². The highest BCUT2D eigenvalue weighted by molar-refractivity contribution is 6.30. The fraction of sp³-hybridized carbons (Fsp3) is 0.273. The van der Waals surface area contributed by atoms with Crippen molar-refractivity contribution in [3.63, 3.8) is 0 Å². The minimum absolute atomic E-state index is 0.244. The number of halogens is 2. The van der Waals surface area contributed by atoms with E-state index in [0.29, 0.717) is 22.3 Å². The summed E-state index contributed by atoms with van der Waals surface area (Å²) in [6.07, 6.45) is 2.43. The van der Waals surface area contributed by atoms with E-state index in [9.17, 15) is 9.59 Å². The SMILES string of the molecule is CCOC(=O)[C@H]1/C(=C\NCCc2ccc(Cl)cc2)NC(=O)N[C@H]1c1ccc(Cl)cc1. The van der Waals surface area contributed by atoms with Crippen LogP contribution >= 0.6 is 23.2 Å². The molecule has 1 heterocycles. The van der Waals surface area contributed by atoms with Crippen molar-refractivity contribution in [1.82, 2.24) is 16.0 Å². The Morgan fingerprint density at radius 3 is 2.37 bits per heavy atom. The van der Waals surface area contributed by atoms with Gasteiger partial charge in [-0.1, -0.05) is 47.5 Å². The number of amides is 2. The van der Waals surface area contributed by atoms with Gasteiger partial charge in [0.15, 0.2) is 0 Å². The summed E-state index contributed by atoms with van der Waals surface area (Å²) in [5.41, 5.74) is 2.34. The first kappa shape index (κ1) is 22.0. The smallest absolute Gasteiger partial charge is 0.319 e. The molecular formula is C22H23Cl2N3O3. The predicted octanol–water partition coefficient (Wildman–Crippen LogP) is 4.20. The molecule has 0 radical (unpaired) electrons. The standard InChI is InChI=1S/C22H23Cl2N3O3/c1-2-30-21(28)19-18(13-25-12-11-14-3-7-16(23)8-4-14)26-22(29)27-20(19)15-5-9-17(24)10-6-15/h3-10,13,19-20,25H,2,11-12H2,1H3,(H2,26,27,29)/b18-13+/t19-,20-/m0/s1. The van der Waals surface area contributed by atoms with Gasteiger partial charge in [0.25, 0.3) is 0 Å². The Bertz CT molecular complexity index is 914. The van der Waals surface area contributed by atoms with Crippen molar-refractivity contribution in [3.05, 3.63) is 81.6 Å². The summed E-state index contributed by atoms with van der Waals surface area (Å²) < 4.78 is 5.27. The molecule has 2 aromatic carbocycles. The molecule has 0 aliphatic carbocycles. The summed E-state index contributed by atoms with van der Waals surface area (Å²) in [4.78, 5) is 25.0. The quantitative estimate of drug-likeness (QED) is 0.438. The van der Waals surface area contributed by atoms with Crippen LogP contribution in [-0.4, -0.2) is 25.2 Å². The molecule has 1 aliphatic heterocycles. The third-order valence-electron chi connectivity index (χ3n) is 4.71. The average Bonchev–Trinajstić information content (AvgIpc) is 2.72. The number of benzene rings is 2. The maximum absolute atomic E-state index is 12.7. The van der Waals surface area contributed by atoms with E-state index in [4.69, 9.17) is 27.9 Å². The van der Waals surface area contributed by atoms with E-state index >= 15 is 0 Å². The first-order valence-corrected chi connectivity index (χ1v) is 10.4. The minimum Gasteiger partial charge on any atom is -0.465 e. The first-order chi connectivity index (χ1) is 14.5. The summed E-state index contributed by atoms with van der Waals surface area (Å²) in [6.45, 7) is 2.61. The van der Waals surface area contributed by atoms with Crippen molar-refractivity contribution in [2.45, 2.75) is 19.4 Å². The molecule has 158 valence electrons. The van der Waals surface area contributed by atoms with Crippen LogP contribution in [0.4, 0.5) is 4.79 Å². The van der Waals surface area contributed by atoms with E-state index in [1.165, 1.54) is 0 Å². The van der Waals surface area contributed by atoms with Gasteiger partial charge >= 0.3 is 12.0 Å². The van der Waals surface area contributed by atoms with E-state index in [0.717, 1.165) is 17.5 Å². The van der Waals surface area contributed by atoms with Crippen molar-refractivity contribution in [2.75, 3.05) is 13.2 Å². The second-order valence-electron chi connectivity index (χ2n) is 6.79. The summed E-state index contributed by atoms with van der Waals surface area (Å²) >= 11 is 11.9. The molecule has 2 atom stereocenters. The largest absolute Gasteiger partial charge is 0.465 e. The lowest BCUT2D eigenvalue weighted by atomic mass is 9.88. The zero-order valence-electron chi connectivity index (χ0n) is 16.5. The van der Waals surface area contributed by atoms with E-state index in [1.807, 2.05) is 24.3 Å². The van der Waals surface area contributed by atoms with Crippen LogP contribution in [0.5, 0.6) is 0 Å². The molecule has 1 saturated heterocycles. The van der Waals surface area contributed by atoms with Crippen LogP contribution in [0.25, 0.3) is 0 Å². The molecular weight excluding hydrogens is 425 g/mol. The molecule has 2 amide bonds. The molecule has 0 bridgehead atoms. The van der Waals surface area contributed by atoms with Gasteiger partial charge in [-0.2, -0.15) is 0 Å². The number of ether oxygens (including phenoxy) is 1. The highest BCUT2D eigenvalue weighted by Gasteiger charge is 2.39. The Hall–Kier alpha value is -2.70. The topological polar surface area (TPSA) is 79.5 Å². The van der Waals surface area contributed by atoms with Crippen molar-refractivity contribution < 1.29 is 14.3 Å². The van der Waals surface area contributed by atoms with E-state index < -0.39 is 17.9 Å². The zero-order valence-corrected chi connectivity index (χ0v) is 18.0. The molecule has 1 aliphatic rings. The maximum atomic E-state index is 12.7. The second-order valence-corrected chi connectivity index (χ2v) is 7.66. The van der Waals surface area contributed by atoms with Crippen LogP contribution in [0.3, 0.4) is 0 Å². The lowest BCUT2D eigenvalue weighted by Gasteiger charge is -2.33. The number of nitrogens with one attached hydrogen (secondary N) is 3.